The highest BCUT2D eigenvalue weighted by atomic mass is 16.5. The van der Waals surface area contributed by atoms with E-state index in [-0.39, 0.29) is 45.1 Å². The van der Waals surface area contributed by atoms with Crippen molar-refractivity contribution in [3.8, 4) is 11.1 Å². The summed E-state index contributed by atoms with van der Waals surface area (Å²) in [7, 11) is 3.53. The Bertz CT molecular complexity index is 1050. The fourth-order valence-corrected chi connectivity index (χ4v) is 4.78. The lowest BCUT2D eigenvalue weighted by Crippen LogP contribution is -2.62. The number of likely N-dealkylation sites (N-methyl/N-ethyl adjacent to an activating group) is 1. The van der Waals surface area contributed by atoms with E-state index in [1.807, 2.05) is 36.4 Å². The maximum Gasteiger partial charge on any atom is 0.407 e. The molecule has 0 bridgehead atoms. The molecule has 1 aliphatic heterocycles. The van der Waals surface area contributed by atoms with Gasteiger partial charge in [-0.25, -0.2) is 9.59 Å². The fraction of sp³-hybridized carbons (Fsp3) is 0.423. The predicted molar refractivity (Wildman–Crippen MR) is 129 cm³/mol. The van der Waals surface area contributed by atoms with Gasteiger partial charge < -0.3 is 30.1 Å². The van der Waals surface area contributed by atoms with Crippen LogP contribution in [-0.4, -0.2) is 80.0 Å². The first kappa shape index (κ1) is 24.7. The number of alkyl carbamates (subject to hydrolysis) is 1. The topological polar surface area (TPSA) is 117 Å². The fourth-order valence-electron chi connectivity index (χ4n) is 4.78. The highest BCUT2D eigenvalue weighted by Crippen LogP contribution is 2.44. The van der Waals surface area contributed by atoms with Crippen LogP contribution in [0.2, 0.25) is 0 Å². The third kappa shape index (κ3) is 5.31. The second-order valence-corrected chi connectivity index (χ2v) is 9.27. The third-order valence-electron chi connectivity index (χ3n) is 6.62. The molecule has 3 N–H and O–H groups in total. The van der Waals surface area contributed by atoms with Gasteiger partial charge in [0.05, 0.1) is 0 Å². The number of carboxylic acid groups (broad SMARTS) is 1. The van der Waals surface area contributed by atoms with E-state index >= 15 is 0 Å². The largest absolute Gasteiger partial charge is 0.480 e. The quantitative estimate of drug-likeness (QED) is 0.529. The van der Waals surface area contributed by atoms with Crippen LogP contribution in [0.4, 0.5) is 4.79 Å². The highest BCUT2D eigenvalue weighted by molar-refractivity contribution is 5.91. The number of ether oxygens (including phenoxy) is 2. The maximum atomic E-state index is 13.1. The molecular formula is C26H31N3O6. The van der Waals surface area contributed by atoms with Gasteiger partial charge >= 0.3 is 12.1 Å². The zero-order valence-corrected chi connectivity index (χ0v) is 20.0. The van der Waals surface area contributed by atoms with E-state index in [1.54, 1.807) is 19.0 Å². The summed E-state index contributed by atoms with van der Waals surface area (Å²) in [5.74, 6) is -1.79. The Morgan fingerprint density at radius 2 is 1.63 bits per heavy atom. The van der Waals surface area contributed by atoms with Crippen molar-refractivity contribution in [1.82, 2.24) is 15.5 Å². The molecule has 4 rings (SSSR count). The Kier molecular flexibility index (Phi) is 7.37. The van der Waals surface area contributed by atoms with Gasteiger partial charge in [0, 0.05) is 38.5 Å². The Balaban J connectivity index is 1.43. The van der Waals surface area contributed by atoms with Crippen LogP contribution in [0.3, 0.4) is 0 Å². The van der Waals surface area contributed by atoms with Crippen molar-refractivity contribution in [2.75, 3.05) is 40.5 Å². The molecule has 1 heterocycles. The monoisotopic (exact) mass is 481 g/mol. The van der Waals surface area contributed by atoms with Gasteiger partial charge in [-0.1, -0.05) is 48.5 Å². The lowest BCUT2D eigenvalue weighted by atomic mass is 9.89. The first-order chi connectivity index (χ1) is 16.8. The van der Waals surface area contributed by atoms with Crippen molar-refractivity contribution in [2.45, 2.75) is 30.3 Å². The van der Waals surface area contributed by atoms with Crippen LogP contribution in [0.1, 0.15) is 29.9 Å². The van der Waals surface area contributed by atoms with Gasteiger partial charge in [-0.15, -0.1) is 0 Å². The predicted octanol–water partition coefficient (Wildman–Crippen LogP) is 2.21. The van der Waals surface area contributed by atoms with Crippen LogP contribution in [0, 0.1) is 0 Å². The smallest absolute Gasteiger partial charge is 0.407 e. The van der Waals surface area contributed by atoms with Crippen LogP contribution >= 0.6 is 0 Å². The second-order valence-electron chi connectivity index (χ2n) is 9.27. The minimum Gasteiger partial charge on any atom is -0.480 e. The Morgan fingerprint density at radius 1 is 1.06 bits per heavy atom. The van der Waals surface area contributed by atoms with Gasteiger partial charge in [0.1, 0.15) is 18.2 Å². The summed E-state index contributed by atoms with van der Waals surface area (Å²) < 4.78 is 10.8. The van der Waals surface area contributed by atoms with Gasteiger partial charge in [-0.05, 0) is 36.3 Å². The number of nitrogens with zero attached hydrogens (tertiary/aromatic N) is 1. The molecule has 0 radical (unpaired) electrons. The summed E-state index contributed by atoms with van der Waals surface area (Å²) in [6.07, 6.45) is -0.410. The number of fused-ring (bicyclic) bond motifs is 3. The number of carbonyl (C=O) groups excluding carboxylic acids is 2. The van der Waals surface area contributed by atoms with Gasteiger partial charge in [-0.3, -0.25) is 4.79 Å². The van der Waals surface area contributed by atoms with Crippen LogP contribution < -0.4 is 10.6 Å². The summed E-state index contributed by atoms with van der Waals surface area (Å²) in [6.45, 7) is 0.782. The summed E-state index contributed by atoms with van der Waals surface area (Å²) in [6, 6.07) is 15.1. The number of hydrogen-bond acceptors (Lipinski definition) is 6. The van der Waals surface area contributed by atoms with E-state index < -0.39 is 29.6 Å². The van der Waals surface area contributed by atoms with E-state index in [2.05, 4.69) is 22.8 Å². The summed E-state index contributed by atoms with van der Waals surface area (Å²) in [5.41, 5.74) is 3.01. The number of amides is 2. The van der Waals surface area contributed by atoms with Gasteiger partial charge in [0.2, 0.25) is 5.91 Å². The summed E-state index contributed by atoms with van der Waals surface area (Å²) in [5, 5.41) is 15.0. The molecule has 186 valence electrons. The Hall–Kier alpha value is -3.43. The van der Waals surface area contributed by atoms with Crippen LogP contribution in [0.5, 0.6) is 0 Å². The standard InChI is InChI=1S/C26H31N3O6/c1-29(2)15-22(23(30)28-26(24(31)32)11-13-34-14-12-26)27-25(33)35-16-21-19-9-5-3-7-17(19)18-8-4-6-10-20(18)21/h3-10,21-22H,11-16H2,1-2H3,(H,27,33)(H,28,30)(H,31,32). The molecule has 1 fully saturated rings. The average Bonchev–Trinajstić information content (AvgIpc) is 3.16. The van der Waals surface area contributed by atoms with Crippen molar-refractivity contribution >= 4 is 18.0 Å². The SMILES string of the molecule is CN(C)CC(NC(=O)OCC1c2ccccc2-c2ccccc21)C(=O)NC1(C(=O)O)CCOCC1. The van der Waals surface area contributed by atoms with Crippen molar-refractivity contribution < 1.29 is 29.0 Å². The molecule has 1 saturated heterocycles. The molecule has 0 spiro atoms. The van der Waals surface area contributed by atoms with Crippen molar-refractivity contribution in [3.05, 3.63) is 59.7 Å². The molecule has 2 aromatic carbocycles. The number of nitrogens with one attached hydrogen (secondary N) is 2. The molecule has 1 unspecified atom stereocenters. The van der Waals surface area contributed by atoms with E-state index in [4.69, 9.17) is 9.47 Å². The lowest BCUT2D eigenvalue weighted by Gasteiger charge is -2.35. The van der Waals surface area contributed by atoms with Crippen molar-refractivity contribution in [1.29, 1.82) is 0 Å². The van der Waals surface area contributed by atoms with Gasteiger partial charge in [-0.2, -0.15) is 0 Å². The average molecular weight is 482 g/mol. The summed E-state index contributed by atoms with van der Waals surface area (Å²) in [4.78, 5) is 39.5. The molecular weight excluding hydrogens is 450 g/mol. The number of aliphatic carboxylic acids is 1. The van der Waals surface area contributed by atoms with Crippen molar-refractivity contribution in [2.24, 2.45) is 0 Å². The third-order valence-corrected chi connectivity index (χ3v) is 6.62. The molecule has 1 atom stereocenters. The Labute approximate surface area is 204 Å². The number of carboxylic acids is 1. The molecule has 2 amide bonds. The lowest BCUT2D eigenvalue weighted by molar-refractivity contribution is -0.152. The number of carbonyl (C=O) groups is 3. The molecule has 2 aromatic rings. The molecule has 2 aliphatic rings. The van der Waals surface area contributed by atoms with Gasteiger partial charge in [0.25, 0.3) is 0 Å². The molecule has 0 saturated carbocycles. The molecule has 0 aromatic heterocycles. The first-order valence-corrected chi connectivity index (χ1v) is 11.7. The van der Waals surface area contributed by atoms with E-state index in [0.717, 1.165) is 22.3 Å². The van der Waals surface area contributed by atoms with Gasteiger partial charge in [0.15, 0.2) is 0 Å². The van der Waals surface area contributed by atoms with Crippen LogP contribution in [0.25, 0.3) is 11.1 Å². The minimum absolute atomic E-state index is 0.105. The zero-order valence-electron chi connectivity index (χ0n) is 20.0. The highest BCUT2D eigenvalue weighted by Gasteiger charge is 2.43. The Morgan fingerprint density at radius 3 is 2.17 bits per heavy atom. The molecule has 35 heavy (non-hydrogen) atoms. The zero-order chi connectivity index (χ0) is 25.0. The van der Waals surface area contributed by atoms with Crippen LogP contribution in [0.15, 0.2) is 48.5 Å². The van der Waals surface area contributed by atoms with E-state index in [9.17, 15) is 19.5 Å². The molecule has 9 nitrogen and oxygen atoms in total. The molecule has 9 heteroatoms. The normalized spacial score (nSPS) is 17.2. The van der Waals surface area contributed by atoms with Crippen molar-refractivity contribution in [3.63, 3.8) is 0 Å². The molecule has 1 aliphatic carbocycles. The second kappa shape index (κ2) is 10.5. The van der Waals surface area contributed by atoms with E-state index in [0.29, 0.717) is 0 Å². The number of hydrogen-bond donors (Lipinski definition) is 3. The maximum absolute atomic E-state index is 13.1. The number of benzene rings is 2. The number of rotatable bonds is 8. The first-order valence-electron chi connectivity index (χ1n) is 11.7. The summed E-state index contributed by atoms with van der Waals surface area (Å²) >= 11 is 0. The minimum atomic E-state index is -1.41. The van der Waals surface area contributed by atoms with E-state index in [1.165, 1.54) is 0 Å². The van der Waals surface area contributed by atoms with Crippen LogP contribution in [-0.2, 0) is 19.1 Å².